The van der Waals surface area contributed by atoms with Crippen LogP contribution >= 0.6 is 0 Å². The summed E-state index contributed by atoms with van der Waals surface area (Å²) < 4.78 is 29.7. The molecule has 2 saturated heterocycles. The van der Waals surface area contributed by atoms with E-state index in [1.807, 2.05) is 6.92 Å². The first-order valence-electron chi connectivity index (χ1n) is 15.7. The van der Waals surface area contributed by atoms with E-state index in [1.165, 1.54) is 6.92 Å². The first-order valence-corrected chi connectivity index (χ1v) is 15.7. The monoisotopic (exact) mass is 649 g/mol. The van der Waals surface area contributed by atoms with Gasteiger partial charge in [-0.1, -0.05) is 13.8 Å². The SMILES string of the molecule is CC1CC[C@@H](CN)O[C@@H]1OC1C(O)C(O[C@H]2OCC(C)(O)[C@H](C)C2O)[C@H](NC(=O)[C@@H](O)C(N)CN)C[C@@H]1NC(=O)OC(C)(C)C. The quantitative estimate of drug-likeness (QED) is 0.121. The normalized spacial score (nSPS) is 40.7. The summed E-state index contributed by atoms with van der Waals surface area (Å²) in [5.74, 6) is -1.64. The minimum atomic E-state index is -1.68. The maximum Gasteiger partial charge on any atom is 0.407 e. The Hall–Kier alpha value is -1.70. The van der Waals surface area contributed by atoms with E-state index in [-0.39, 0.29) is 38.1 Å². The molecule has 0 radical (unpaired) electrons. The molecule has 2 amide bonds. The molecule has 0 spiro atoms. The first-order chi connectivity index (χ1) is 20.9. The van der Waals surface area contributed by atoms with Crippen molar-refractivity contribution in [1.82, 2.24) is 10.6 Å². The zero-order chi connectivity index (χ0) is 33.9. The van der Waals surface area contributed by atoms with Crippen LogP contribution in [0.25, 0.3) is 0 Å². The van der Waals surface area contributed by atoms with E-state index < -0.39 is 90.3 Å². The smallest absolute Gasteiger partial charge is 0.407 e. The molecular formula is C29H55N5O11. The van der Waals surface area contributed by atoms with Gasteiger partial charge in [-0.15, -0.1) is 0 Å². The summed E-state index contributed by atoms with van der Waals surface area (Å²) in [6.07, 6.45) is -8.74. The Morgan fingerprint density at radius 3 is 2.20 bits per heavy atom. The molecule has 3 rings (SSSR count). The number of hydrogen-bond donors (Lipinski definition) is 9. The minimum absolute atomic E-state index is 0.0700. The number of aliphatic hydroxyl groups excluding tert-OH is 3. The molecule has 2 aliphatic heterocycles. The molecule has 45 heavy (non-hydrogen) atoms. The number of amides is 2. The van der Waals surface area contributed by atoms with E-state index in [4.69, 9.17) is 40.9 Å². The molecule has 1 aliphatic carbocycles. The van der Waals surface area contributed by atoms with Crippen LogP contribution in [0.15, 0.2) is 0 Å². The van der Waals surface area contributed by atoms with Crippen LogP contribution in [-0.2, 0) is 28.5 Å². The molecule has 0 aromatic rings. The van der Waals surface area contributed by atoms with E-state index in [9.17, 15) is 30.0 Å². The van der Waals surface area contributed by atoms with Gasteiger partial charge in [0.1, 0.15) is 36.1 Å². The van der Waals surface area contributed by atoms with Crippen molar-refractivity contribution < 1.29 is 53.7 Å². The van der Waals surface area contributed by atoms with Crippen molar-refractivity contribution in [3.63, 3.8) is 0 Å². The number of hydrogen-bond acceptors (Lipinski definition) is 14. The molecule has 1 saturated carbocycles. The summed E-state index contributed by atoms with van der Waals surface area (Å²) in [5.41, 5.74) is 15.0. The summed E-state index contributed by atoms with van der Waals surface area (Å²) in [7, 11) is 0. The molecule has 14 atom stereocenters. The topological polar surface area (TPSA) is 263 Å². The van der Waals surface area contributed by atoms with Gasteiger partial charge in [-0.25, -0.2) is 4.79 Å². The molecule has 0 aromatic heterocycles. The van der Waals surface area contributed by atoms with Gasteiger partial charge in [0.15, 0.2) is 12.6 Å². The summed E-state index contributed by atoms with van der Waals surface area (Å²) in [4.78, 5) is 26.0. The lowest BCUT2D eigenvalue weighted by molar-refractivity contribution is -0.316. The second kappa shape index (κ2) is 15.5. The van der Waals surface area contributed by atoms with Gasteiger partial charge >= 0.3 is 6.09 Å². The molecule has 16 heteroatoms. The van der Waals surface area contributed by atoms with Gasteiger partial charge in [-0.2, -0.15) is 0 Å². The predicted molar refractivity (Wildman–Crippen MR) is 160 cm³/mol. The lowest BCUT2D eigenvalue weighted by atomic mass is 9.82. The van der Waals surface area contributed by atoms with Gasteiger partial charge in [0.05, 0.1) is 36.4 Å². The van der Waals surface area contributed by atoms with E-state index in [2.05, 4.69) is 10.6 Å². The van der Waals surface area contributed by atoms with Gasteiger partial charge in [0, 0.05) is 24.9 Å². The molecule has 7 unspecified atom stereocenters. The lowest BCUT2D eigenvalue weighted by Crippen LogP contribution is -2.69. The van der Waals surface area contributed by atoms with Crippen LogP contribution in [0.4, 0.5) is 4.79 Å². The fourth-order valence-electron chi connectivity index (χ4n) is 5.72. The van der Waals surface area contributed by atoms with Crippen LogP contribution in [0.2, 0.25) is 0 Å². The summed E-state index contributed by atoms with van der Waals surface area (Å²) in [6, 6.07) is -3.09. The average Bonchev–Trinajstić information content (AvgIpc) is 2.96. The molecule has 3 fully saturated rings. The number of carbonyl (C=O) groups excluding carboxylic acids is 2. The number of ether oxygens (including phenoxy) is 5. The molecule has 3 aliphatic rings. The van der Waals surface area contributed by atoms with Crippen molar-refractivity contribution in [2.45, 2.75) is 139 Å². The molecule has 0 aromatic carbocycles. The highest BCUT2D eigenvalue weighted by Crippen LogP contribution is 2.35. The fraction of sp³-hybridized carbons (Fsp3) is 0.931. The Bertz CT molecular complexity index is 985. The van der Waals surface area contributed by atoms with Crippen LogP contribution in [0, 0.1) is 11.8 Å². The largest absolute Gasteiger partial charge is 0.444 e. The zero-order valence-corrected chi connectivity index (χ0v) is 27.1. The van der Waals surface area contributed by atoms with Crippen LogP contribution in [0.5, 0.6) is 0 Å². The van der Waals surface area contributed by atoms with Crippen molar-refractivity contribution in [2.24, 2.45) is 29.0 Å². The van der Waals surface area contributed by atoms with Crippen LogP contribution < -0.4 is 27.8 Å². The molecule has 262 valence electrons. The second-order valence-corrected chi connectivity index (χ2v) is 13.9. The Morgan fingerprint density at radius 2 is 1.62 bits per heavy atom. The predicted octanol–water partition coefficient (Wildman–Crippen LogP) is -2.25. The van der Waals surface area contributed by atoms with E-state index >= 15 is 0 Å². The number of nitrogens with two attached hydrogens (primary N) is 3. The Balaban J connectivity index is 1.96. The van der Waals surface area contributed by atoms with Gasteiger partial charge in [0.25, 0.3) is 5.91 Å². The fourth-order valence-corrected chi connectivity index (χ4v) is 5.72. The van der Waals surface area contributed by atoms with Crippen LogP contribution in [0.1, 0.15) is 60.8 Å². The van der Waals surface area contributed by atoms with E-state index in [0.717, 1.165) is 12.8 Å². The van der Waals surface area contributed by atoms with E-state index in [1.54, 1.807) is 27.7 Å². The van der Waals surface area contributed by atoms with Gasteiger partial charge in [-0.3, -0.25) is 4.79 Å². The third-order valence-corrected chi connectivity index (χ3v) is 8.84. The van der Waals surface area contributed by atoms with Crippen LogP contribution in [0.3, 0.4) is 0 Å². The third kappa shape index (κ3) is 9.67. The number of alkyl carbamates (subject to hydrolysis) is 1. The van der Waals surface area contributed by atoms with E-state index in [0.29, 0.717) is 0 Å². The first kappa shape index (κ1) is 37.8. The molecule has 16 nitrogen and oxygen atoms in total. The zero-order valence-electron chi connectivity index (χ0n) is 27.1. The molecule has 2 heterocycles. The third-order valence-electron chi connectivity index (χ3n) is 8.84. The Labute approximate surface area is 264 Å². The maximum atomic E-state index is 13.1. The summed E-state index contributed by atoms with van der Waals surface area (Å²) >= 11 is 0. The minimum Gasteiger partial charge on any atom is -0.444 e. The molecule has 0 bridgehead atoms. The number of carbonyl (C=O) groups is 2. The Morgan fingerprint density at radius 1 is 1.02 bits per heavy atom. The van der Waals surface area contributed by atoms with Gasteiger partial charge in [0.2, 0.25) is 0 Å². The highest BCUT2D eigenvalue weighted by Gasteiger charge is 2.52. The van der Waals surface area contributed by atoms with Crippen molar-refractivity contribution in [1.29, 1.82) is 0 Å². The maximum absolute atomic E-state index is 13.1. The number of aliphatic hydroxyl groups is 4. The highest BCUT2D eigenvalue weighted by atomic mass is 16.7. The van der Waals surface area contributed by atoms with Crippen molar-refractivity contribution in [3.8, 4) is 0 Å². The van der Waals surface area contributed by atoms with Crippen LogP contribution in [-0.4, -0.2) is 131 Å². The van der Waals surface area contributed by atoms with Crippen molar-refractivity contribution in [2.75, 3.05) is 19.7 Å². The van der Waals surface area contributed by atoms with Gasteiger partial charge in [-0.05, 0) is 47.0 Å². The second-order valence-electron chi connectivity index (χ2n) is 13.9. The number of rotatable bonds is 10. The molecule has 12 N–H and O–H groups in total. The van der Waals surface area contributed by atoms with Gasteiger partial charge < -0.3 is 71.9 Å². The lowest BCUT2D eigenvalue weighted by Gasteiger charge is -2.49. The highest BCUT2D eigenvalue weighted by molar-refractivity contribution is 5.81. The molecular weight excluding hydrogens is 594 g/mol. The standard InChI is InChI=1S/C29H55N5O11/c1-13-7-8-15(10-30)42-25(13)43-23-18(34-27(39)45-28(3,4)5)9-17(33-24(38)20(36)16(32)11-31)22(21(23)37)44-26-19(35)14(2)29(6,40)12-41-26/h13-23,25-26,35-37,40H,7-12,30-32H2,1-6H3,(H,33,38)(H,34,39)/t13?,14-,15+,16?,17-,18+,19?,20+,21?,22?,23?,25-,26-,29?/m1/s1. The summed E-state index contributed by atoms with van der Waals surface area (Å²) in [6.45, 7) is 10.1. The summed E-state index contributed by atoms with van der Waals surface area (Å²) in [5, 5.41) is 49.3. The van der Waals surface area contributed by atoms with Crippen molar-refractivity contribution in [3.05, 3.63) is 0 Å². The number of nitrogens with one attached hydrogen (secondary N) is 2. The van der Waals surface area contributed by atoms with Crippen molar-refractivity contribution >= 4 is 12.0 Å². The Kier molecular flexibility index (Phi) is 13.0. The average molecular weight is 650 g/mol.